The van der Waals surface area contributed by atoms with E-state index in [9.17, 15) is 9.90 Å². The number of methoxy groups -OCH3 is 1. The molecule has 1 N–H and O–H groups in total. The van der Waals surface area contributed by atoms with E-state index in [-0.39, 0.29) is 18.2 Å². The maximum Gasteiger partial charge on any atom is 0.302 e. The van der Waals surface area contributed by atoms with E-state index in [0.29, 0.717) is 16.9 Å². The highest BCUT2D eigenvalue weighted by Crippen LogP contribution is 2.37. The zero-order valence-corrected chi connectivity index (χ0v) is 13.8. The minimum atomic E-state index is -0.571. The van der Waals surface area contributed by atoms with Crippen molar-refractivity contribution in [3.8, 4) is 17.4 Å². The summed E-state index contributed by atoms with van der Waals surface area (Å²) in [5, 5.41) is 18.4. The Morgan fingerprint density at radius 3 is 2.56 bits per heavy atom. The van der Waals surface area contributed by atoms with Gasteiger partial charge in [-0.3, -0.25) is 4.79 Å². The third-order valence-electron chi connectivity index (χ3n) is 3.73. The Labute approximate surface area is 144 Å². The van der Waals surface area contributed by atoms with E-state index in [1.165, 1.54) is 7.11 Å². The summed E-state index contributed by atoms with van der Waals surface area (Å²) in [5.74, 6) is 0.349. The van der Waals surface area contributed by atoms with Crippen molar-refractivity contribution in [2.45, 2.75) is 0 Å². The number of ether oxygens (including phenoxy) is 2. The molecule has 1 aromatic heterocycles. The summed E-state index contributed by atoms with van der Waals surface area (Å²) >= 11 is 0. The lowest BCUT2D eigenvalue weighted by molar-refractivity contribution is -0.120. The quantitative estimate of drug-likeness (QED) is 0.720. The van der Waals surface area contributed by atoms with Gasteiger partial charge in [0.25, 0.3) is 0 Å². The lowest BCUT2D eigenvalue weighted by Gasteiger charge is -2.07. The van der Waals surface area contributed by atoms with E-state index in [1.54, 1.807) is 41.9 Å². The molecule has 25 heavy (non-hydrogen) atoms. The van der Waals surface area contributed by atoms with Crippen molar-refractivity contribution < 1.29 is 19.4 Å². The second kappa shape index (κ2) is 7.04. The highest BCUT2D eigenvalue weighted by Gasteiger charge is 2.14. The van der Waals surface area contributed by atoms with Gasteiger partial charge in [0.15, 0.2) is 23.8 Å². The van der Waals surface area contributed by atoms with E-state index in [4.69, 9.17) is 9.47 Å². The van der Waals surface area contributed by atoms with Gasteiger partial charge in [0.1, 0.15) is 0 Å². The first-order chi connectivity index (χ1) is 12.1. The van der Waals surface area contributed by atoms with E-state index in [2.05, 4.69) is 10.2 Å². The van der Waals surface area contributed by atoms with Crippen molar-refractivity contribution >= 4 is 22.5 Å². The summed E-state index contributed by atoms with van der Waals surface area (Å²) in [4.78, 5) is 11.9. The number of carbonyl (C=O) groups excluding carboxylic acids is 1. The van der Waals surface area contributed by atoms with Gasteiger partial charge in [-0.15, -0.1) is 10.2 Å². The Balaban J connectivity index is 1.74. The standard InChI is InChI=1S/C18H17N3O4/c1-21-13-8-4-3-7-12(13)17(18(21)23)20-19-16(22)11-25-15-10-6-5-9-14(15)24-2/h3-10,23H,11H2,1-2H3. The van der Waals surface area contributed by atoms with E-state index in [1.807, 2.05) is 18.2 Å². The minimum absolute atomic E-state index is 0.0524. The molecule has 1 amide bonds. The van der Waals surface area contributed by atoms with Gasteiger partial charge in [0.2, 0.25) is 5.88 Å². The van der Waals surface area contributed by atoms with Crippen molar-refractivity contribution in [3.05, 3.63) is 48.5 Å². The number of azo groups is 1. The van der Waals surface area contributed by atoms with Crippen LogP contribution in [0.25, 0.3) is 10.9 Å². The molecule has 0 atom stereocenters. The van der Waals surface area contributed by atoms with Crippen molar-refractivity contribution in [1.82, 2.24) is 4.57 Å². The van der Waals surface area contributed by atoms with Crippen LogP contribution in [0.5, 0.6) is 17.4 Å². The first-order valence-corrected chi connectivity index (χ1v) is 7.58. The molecule has 2 aromatic carbocycles. The van der Waals surface area contributed by atoms with Crippen molar-refractivity contribution in [3.63, 3.8) is 0 Å². The van der Waals surface area contributed by atoms with Gasteiger partial charge in [-0.05, 0) is 18.2 Å². The maximum atomic E-state index is 11.9. The van der Waals surface area contributed by atoms with Crippen LogP contribution in [0.2, 0.25) is 0 Å². The van der Waals surface area contributed by atoms with E-state index < -0.39 is 5.91 Å². The Morgan fingerprint density at radius 2 is 1.80 bits per heavy atom. The fourth-order valence-electron chi connectivity index (χ4n) is 2.47. The highest BCUT2D eigenvalue weighted by molar-refractivity contribution is 5.95. The third-order valence-corrected chi connectivity index (χ3v) is 3.73. The van der Waals surface area contributed by atoms with Gasteiger partial charge < -0.3 is 19.1 Å². The molecule has 0 aliphatic heterocycles. The van der Waals surface area contributed by atoms with Crippen LogP contribution in [0.15, 0.2) is 58.8 Å². The Bertz CT molecular complexity index is 947. The molecule has 0 fully saturated rings. The zero-order valence-electron chi connectivity index (χ0n) is 13.8. The summed E-state index contributed by atoms with van der Waals surface area (Å²) in [6, 6.07) is 14.3. The topological polar surface area (TPSA) is 85.4 Å². The van der Waals surface area contributed by atoms with Gasteiger partial charge in [-0.1, -0.05) is 30.3 Å². The van der Waals surface area contributed by atoms with Gasteiger partial charge >= 0.3 is 5.91 Å². The molecule has 0 saturated carbocycles. The number of aromatic hydroxyl groups is 1. The van der Waals surface area contributed by atoms with Crippen LogP contribution in [-0.2, 0) is 11.8 Å². The SMILES string of the molecule is COc1ccccc1OCC(=O)N=Nc1c(O)n(C)c2ccccc12. The molecule has 7 heteroatoms. The minimum Gasteiger partial charge on any atom is -0.493 e. The largest absolute Gasteiger partial charge is 0.493 e. The molecule has 0 spiro atoms. The lowest BCUT2D eigenvalue weighted by atomic mass is 10.2. The predicted octanol–water partition coefficient (Wildman–Crippen LogP) is 3.58. The van der Waals surface area contributed by atoms with Crippen LogP contribution in [0.3, 0.4) is 0 Å². The molecule has 3 rings (SSSR count). The number of amides is 1. The van der Waals surface area contributed by atoms with E-state index >= 15 is 0 Å². The van der Waals surface area contributed by atoms with Gasteiger partial charge in [0, 0.05) is 12.4 Å². The van der Waals surface area contributed by atoms with Crippen LogP contribution in [0, 0.1) is 0 Å². The average molecular weight is 339 g/mol. The summed E-state index contributed by atoms with van der Waals surface area (Å²) in [5.41, 5.74) is 1.05. The number of benzene rings is 2. The Hall–Kier alpha value is -3.35. The summed E-state index contributed by atoms with van der Waals surface area (Å²) in [7, 11) is 3.23. The van der Waals surface area contributed by atoms with Gasteiger partial charge in [-0.25, -0.2) is 0 Å². The van der Waals surface area contributed by atoms with Gasteiger partial charge in [-0.2, -0.15) is 0 Å². The van der Waals surface area contributed by atoms with Crippen molar-refractivity contribution in [1.29, 1.82) is 0 Å². The van der Waals surface area contributed by atoms with Crippen LogP contribution in [-0.4, -0.2) is 29.3 Å². The fraction of sp³-hybridized carbons (Fsp3) is 0.167. The monoisotopic (exact) mass is 339 g/mol. The molecule has 0 unspecified atom stereocenters. The molecule has 0 aliphatic carbocycles. The highest BCUT2D eigenvalue weighted by atomic mass is 16.5. The average Bonchev–Trinajstić information content (AvgIpc) is 2.89. The maximum absolute atomic E-state index is 11.9. The number of aromatic nitrogens is 1. The number of rotatable bonds is 5. The number of para-hydroxylation sites is 3. The summed E-state index contributed by atoms with van der Waals surface area (Å²) in [6.45, 7) is -0.282. The molecule has 0 radical (unpaired) electrons. The normalized spacial score (nSPS) is 11.1. The van der Waals surface area contributed by atoms with Gasteiger partial charge in [0.05, 0.1) is 12.6 Å². The van der Waals surface area contributed by atoms with Crippen LogP contribution in [0.4, 0.5) is 5.69 Å². The second-order valence-corrected chi connectivity index (χ2v) is 5.28. The van der Waals surface area contributed by atoms with Crippen molar-refractivity contribution in [2.24, 2.45) is 17.3 Å². The molecule has 0 bridgehead atoms. The Morgan fingerprint density at radius 1 is 1.12 bits per heavy atom. The number of nitrogens with zero attached hydrogens (tertiary/aromatic N) is 3. The summed E-state index contributed by atoms with van der Waals surface area (Å²) < 4.78 is 12.1. The lowest BCUT2D eigenvalue weighted by Crippen LogP contribution is -2.08. The molecule has 0 aliphatic rings. The molecular formula is C18H17N3O4. The number of carbonyl (C=O) groups is 1. The molecular weight excluding hydrogens is 322 g/mol. The van der Waals surface area contributed by atoms with Crippen LogP contribution >= 0.6 is 0 Å². The first kappa shape index (κ1) is 16.5. The van der Waals surface area contributed by atoms with Crippen molar-refractivity contribution in [2.75, 3.05) is 13.7 Å². The smallest absolute Gasteiger partial charge is 0.302 e. The molecule has 0 saturated heterocycles. The molecule has 3 aromatic rings. The van der Waals surface area contributed by atoms with E-state index in [0.717, 1.165) is 5.52 Å². The molecule has 7 nitrogen and oxygen atoms in total. The predicted molar refractivity (Wildman–Crippen MR) is 92.6 cm³/mol. The number of fused-ring (bicyclic) bond motifs is 1. The zero-order chi connectivity index (χ0) is 17.8. The first-order valence-electron chi connectivity index (χ1n) is 7.58. The molecule has 128 valence electrons. The molecule has 1 heterocycles. The Kier molecular flexibility index (Phi) is 4.65. The number of hydrogen-bond acceptors (Lipinski definition) is 5. The fourth-order valence-corrected chi connectivity index (χ4v) is 2.47. The van der Waals surface area contributed by atoms with Crippen LogP contribution in [0.1, 0.15) is 0 Å². The second-order valence-electron chi connectivity index (χ2n) is 5.28. The number of hydrogen-bond donors (Lipinski definition) is 1. The third kappa shape index (κ3) is 3.30. The van der Waals surface area contributed by atoms with Crippen LogP contribution < -0.4 is 9.47 Å². The number of aryl methyl sites for hydroxylation is 1. The summed E-state index contributed by atoms with van der Waals surface area (Å²) in [6.07, 6.45) is 0.